The van der Waals surface area contributed by atoms with Gasteiger partial charge in [0.2, 0.25) is 0 Å². The zero-order valence-corrected chi connectivity index (χ0v) is 19.2. The molecule has 6 nitrogen and oxygen atoms in total. The summed E-state index contributed by atoms with van der Waals surface area (Å²) >= 11 is 0. The molecule has 0 amide bonds. The normalized spacial score (nSPS) is 16.3. The van der Waals surface area contributed by atoms with Gasteiger partial charge in [0, 0.05) is 39.4 Å². The monoisotopic (exact) mass is 490 g/mol. The minimum absolute atomic E-state index is 0. The van der Waals surface area contributed by atoms with Crippen molar-refractivity contribution in [2.45, 2.75) is 31.7 Å². The number of benzene rings is 1. The van der Waals surface area contributed by atoms with E-state index in [1.807, 2.05) is 19.2 Å². The maximum absolute atomic E-state index is 5.63. The quantitative estimate of drug-likeness (QED) is 0.241. The lowest BCUT2D eigenvalue weighted by atomic mass is 10.0. The third-order valence-electron chi connectivity index (χ3n) is 4.83. The van der Waals surface area contributed by atoms with E-state index in [0.717, 1.165) is 50.9 Å². The third-order valence-corrected chi connectivity index (χ3v) is 4.83. The molecular formula is C20H35IN4O2. The number of ether oxygens (including phenoxy) is 2. The van der Waals surface area contributed by atoms with E-state index in [4.69, 9.17) is 9.47 Å². The lowest BCUT2D eigenvalue weighted by Gasteiger charge is -2.35. The van der Waals surface area contributed by atoms with Gasteiger partial charge in [0.1, 0.15) is 5.75 Å². The number of rotatable bonds is 9. The molecule has 0 aliphatic carbocycles. The lowest BCUT2D eigenvalue weighted by Crippen LogP contribution is -2.44. The van der Waals surface area contributed by atoms with Gasteiger partial charge in [-0.15, -0.1) is 24.0 Å². The van der Waals surface area contributed by atoms with Crippen LogP contribution in [0.2, 0.25) is 0 Å². The lowest BCUT2D eigenvalue weighted by molar-refractivity contribution is 0.161. The molecule has 154 valence electrons. The van der Waals surface area contributed by atoms with Crippen LogP contribution in [0.5, 0.6) is 5.75 Å². The SMILES string of the molecule is CN=C(NCCCOC)NCC(c1ccccc1OC)N1CCCCC1.I. The fourth-order valence-corrected chi connectivity index (χ4v) is 3.44. The largest absolute Gasteiger partial charge is 0.496 e. The fraction of sp³-hybridized carbons (Fsp3) is 0.650. The van der Waals surface area contributed by atoms with Gasteiger partial charge in [-0.2, -0.15) is 0 Å². The van der Waals surface area contributed by atoms with E-state index in [1.54, 1.807) is 14.2 Å². The number of hydrogen-bond donors (Lipinski definition) is 2. The van der Waals surface area contributed by atoms with E-state index in [0.29, 0.717) is 0 Å². The molecule has 0 radical (unpaired) electrons. The van der Waals surface area contributed by atoms with Gasteiger partial charge in [-0.1, -0.05) is 24.6 Å². The van der Waals surface area contributed by atoms with Crippen LogP contribution in [0.4, 0.5) is 0 Å². The van der Waals surface area contributed by atoms with Crippen molar-refractivity contribution in [1.82, 2.24) is 15.5 Å². The van der Waals surface area contributed by atoms with Crippen molar-refractivity contribution in [1.29, 1.82) is 0 Å². The van der Waals surface area contributed by atoms with Gasteiger partial charge in [0.05, 0.1) is 13.2 Å². The van der Waals surface area contributed by atoms with Crippen LogP contribution >= 0.6 is 24.0 Å². The van der Waals surface area contributed by atoms with Crippen molar-refractivity contribution < 1.29 is 9.47 Å². The number of para-hydroxylation sites is 1. The van der Waals surface area contributed by atoms with Gasteiger partial charge in [-0.05, 0) is 38.4 Å². The number of methoxy groups -OCH3 is 2. The van der Waals surface area contributed by atoms with Gasteiger partial charge in [-0.25, -0.2) is 0 Å². The summed E-state index contributed by atoms with van der Waals surface area (Å²) in [6, 6.07) is 8.61. The highest BCUT2D eigenvalue weighted by atomic mass is 127. The second-order valence-corrected chi connectivity index (χ2v) is 6.58. The first-order valence-electron chi connectivity index (χ1n) is 9.60. The Balaban J connectivity index is 0.00000364. The minimum Gasteiger partial charge on any atom is -0.496 e. The first-order valence-corrected chi connectivity index (χ1v) is 9.60. The summed E-state index contributed by atoms with van der Waals surface area (Å²) in [6.45, 7) is 4.65. The van der Waals surface area contributed by atoms with Crippen LogP contribution in [0, 0.1) is 0 Å². The maximum atomic E-state index is 5.63. The molecule has 1 unspecified atom stereocenters. The molecule has 1 heterocycles. The summed E-state index contributed by atoms with van der Waals surface area (Å²) in [5.41, 5.74) is 1.24. The molecule has 7 heteroatoms. The summed E-state index contributed by atoms with van der Waals surface area (Å²) in [5.74, 6) is 1.78. The van der Waals surface area contributed by atoms with Crippen molar-refractivity contribution in [3.63, 3.8) is 0 Å². The van der Waals surface area contributed by atoms with E-state index >= 15 is 0 Å². The Kier molecular flexibility index (Phi) is 12.4. The zero-order chi connectivity index (χ0) is 18.6. The number of hydrogen-bond acceptors (Lipinski definition) is 4. The first-order chi connectivity index (χ1) is 12.8. The van der Waals surface area contributed by atoms with Gasteiger partial charge in [-0.3, -0.25) is 9.89 Å². The topological polar surface area (TPSA) is 58.1 Å². The molecule has 0 aromatic heterocycles. The standard InChI is InChI=1S/C20H34N4O2.HI/c1-21-20(22-12-9-15-25-2)23-16-18(24-13-7-4-8-14-24)17-10-5-6-11-19(17)26-3;/h5-6,10-11,18H,4,7-9,12-16H2,1-3H3,(H2,21,22,23);1H. The van der Waals surface area contributed by atoms with E-state index < -0.39 is 0 Å². The Morgan fingerprint density at radius 3 is 2.56 bits per heavy atom. The predicted octanol–water partition coefficient (Wildman–Crippen LogP) is 3.04. The van der Waals surface area contributed by atoms with Crippen LogP contribution in [0.15, 0.2) is 29.3 Å². The Bertz CT molecular complexity index is 551. The van der Waals surface area contributed by atoms with Crippen molar-refractivity contribution in [3.05, 3.63) is 29.8 Å². The van der Waals surface area contributed by atoms with Crippen LogP contribution in [0.1, 0.15) is 37.3 Å². The van der Waals surface area contributed by atoms with Crippen molar-refractivity contribution in [3.8, 4) is 5.75 Å². The Hall–Kier alpha value is -1.06. The van der Waals surface area contributed by atoms with E-state index in [9.17, 15) is 0 Å². The van der Waals surface area contributed by atoms with Crippen molar-refractivity contribution in [2.24, 2.45) is 4.99 Å². The molecule has 1 aliphatic rings. The molecular weight excluding hydrogens is 455 g/mol. The average Bonchev–Trinajstić information content (AvgIpc) is 2.70. The van der Waals surface area contributed by atoms with E-state index in [2.05, 4.69) is 32.7 Å². The molecule has 27 heavy (non-hydrogen) atoms. The minimum atomic E-state index is 0. The van der Waals surface area contributed by atoms with Crippen LogP contribution in [-0.2, 0) is 4.74 Å². The van der Waals surface area contributed by atoms with Crippen molar-refractivity contribution in [2.75, 3.05) is 54.1 Å². The van der Waals surface area contributed by atoms with Crippen LogP contribution in [-0.4, -0.2) is 64.9 Å². The molecule has 0 bridgehead atoms. The summed E-state index contributed by atoms with van der Waals surface area (Å²) in [6.07, 6.45) is 4.80. The van der Waals surface area contributed by atoms with E-state index in [-0.39, 0.29) is 30.0 Å². The van der Waals surface area contributed by atoms with Gasteiger partial charge in [0.15, 0.2) is 5.96 Å². The van der Waals surface area contributed by atoms with Gasteiger partial charge < -0.3 is 20.1 Å². The molecule has 2 N–H and O–H groups in total. The molecule has 1 fully saturated rings. The molecule has 1 saturated heterocycles. The molecule has 1 aliphatic heterocycles. The molecule has 1 atom stereocenters. The van der Waals surface area contributed by atoms with Gasteiger partial charge >= 0.3 is 0 Å². The average molecular weight is 490 g/mol. The highest BCUT2D eigenvalue weighted by Gasteiger charge is 2.25. The third kappa shape index (κ3) is 7.83. The molecule has 1 aromatic rings. The number of likely N-dealkylation sites (tertiary alicyclic amines) is 1. The summed E-state index contributed by atoms with van der Waals surface area (Å²) in [4.78, 5) is 6.90. The first kappa shape index (κ1) is 24.0. The summed E-state index contributed by atoms with van der Waals surface area (Å²) < 4.78 is 10.7. The molecule has 0 saturated carbocycles. The smallest absolute Gasteiger partial charge is 0.191 e. The second-order valence-electron chi connectivity index (χ2n) is 6.58. The number of aliphatic imine (C=N–C) groups is 1. The number of halogens is 1. The molecule has 2 rings (SSSR count). The van der Waals surface area contributed by atoms with Gasteiger partial charge in [0.25, 0.3) is 0 Å². The Morgan fingerprint density at radius 2 is 1.89 bits per heavy atom. The Labute approximate surface area is 181 Å². The predicted molar refractivity (Wildman–Crippen MR) is 122 cm³/mol. The van der Waals surface area contributed by atoms with Crippen molar-refractivity contribution >= 4 is 29.9 Å². The fourth-order valence-electron chi connectivity index (χ4n) is 3.44. The summed E-state index contributed by atoms with van der Waals surface area (Å²) in [7, 11) is 5.28. The summed E-state index contributed by atoms with van der Waals surface area (Å²) in [5, 5.41) is 6.85. The maximum Gasteiger partial charge on any atom is 0.191 e. The van der Waals surface area contributed by atoms with Crippen LogP contribution in [0.3, 0.4) is 0 Å². The molecule has 1 aromatic carbocycles. The zero-order valence-electron chi connectivity index (χ0n) is 16.9. The second kappa shape index (κ2) is 14.0. The number of guanidine groups is 1. The number of nitrogens with zero attached hydrogens (tertiary/aromatic N) is 2. The van der Waals surface area contributed by atoms with Crippen LogP contribution in [0.25, 0.3) is 0 Å². The highest BCUT2D eigenvalue weighted by molar-refractivity contribution is 14.0. The molecule has 0 spiro atoms. The van der Waals surface area contributed by atoms with Crippen LogP contribution < -0.4 is 15.4 Å². The van der Waals surface area contributed by atoms with E-state index in [1.165, 1.54) is 24.8 Å². The highest BCUT2D eigenvalue weighted by Crippen LogP contribution is 2.30. The number of nitrogens with one attached hydrogen (secondary N) is 2. The number of piperidine rings is 1. The Morgan fingerprint density at radius 1 is 1.15 bits per heavy atom.